The smallest absolute Gasteiger partial charge is 0.244 e. The van der Waals surface area contributed by atoms with Gasteiger partial charge in [0.25, 0.3) is 0 Å². The highest BCUT2D eigenvalue weighted by molar-refractivity contribution is 14.1. The van der Waals surface area contributed by atoms with Crippen molar-refractivity contribution in [2.24, 2.45) is 0 Å². The number of carbonyl (C=O) groups is 1. The molecule has 96 valence electrons. The Balaban J connectivity index is 1.86. The molecule has 0 saturated heterocycles. The zero-order chi connectivity index (χ0) is 13.5. The van der Waals surface area contributed by atoms with Gasteiger partial charge < -0.3 is 5.32 Å². The maximum Gasteiger partial charge on any atom is 0.244 e. The average molecular weight is 363 g/mol. The van der Waals surface area contributed by atoms with E-state index in [-0.39, 0.29) is 5.91 Å². The lowest BCUT2D eigenvalue weighted by Gasteiger charge is -2.01. The van der Waals surface area contributed by atoms with Gasteiger partial charge in [0.15, 0.2) is 0 Å². The van der Waals surface area contributed by atoms with E-state index >= 15 is 0 Å². The van der Waals surface area contributed by atoms with E-state index in [2.05, 4.69) is 27.9 Å². The lowest BCUT2D eigenvalue weighted by molar-refractivity contribution is -0.116. The van der Waals surface area contributed by atoms with Gasteiger partial charge >= 0.3 is 0 Å². The van der Waals surface area contributed by atoms with E-state index in [1.807, 2.05) is 60.7 Å². The Bertz CT molecular complexity index is 561. The first-order valence-electron chi connectivity index (χ1n) is 5.99. The third-order valence-corrected chi connectivity index (χ3v) is 3.33. The van der Waals surface area contributed by atoms with Crippen molar-refractivity contribution >= 4 is 34.6 Å². The molecule has 0 aliphatic carbocycles. The number of amides is 1. The number of rotatable bonds is 4. The summed E-state index contributed by atoms with van der Waals surface area (Å²) >= 11 is 2.25. The monoisotopic (exact) mass is 363 g/mol. The van der Waals surface area contributed by atoms with Crippen LogP contribution in [0.25, 0.3) is 6.08 Å². The normalized spacial score (nSPS) is 10.6. The first kappa shape index (κ1) is 13.8. The van der Waals surface area contributed by atoms with E-state index < -0.39 is 0 Å². The van der Waals surface area contributed by atoms with E-state index in [0.29, 0.717) is 6.54 Å². The molecule has 0 aliphatic rings. The van der Waals surface area contributed by atoms with E-state index in [1.165, 1.54) is 3.57 Å². The molecule has 0 atom stereocenters. The van der Waals surface area contributed by atoms with Crippen molar-refractivity contribution < 1.29 is 4.79 Å². The minimum atomic E-state index is -0.0811. The van der Waals surface area contributed by atoms with Crippen LogP contribution in [-0.4, -0.2) is 5.91 Å². The Morgan fingerprint density at radius 3 is 2.42 bits per heavy atom. The van der Waals surface area contributed by atoms with Gasteiger partial charge in [-0.2, -0.15) is 0 Å². The summed E-state index contributed by atoms with van der Waals surface area (Å²) in [5.74, 6) is -0.0811. The van der Waals surface area contributed by atoms with Gasteiger partial charge in [0.2, 0.25) is 5.91 Å². The number of halogens is 1. The molecular weight excluding hydrogens is 349 g/mol. The molecule has 0 aliphatic heterocycles. The van der Waals surface area contributed by atoms with Crippen molar-refractivity contribution in [1.29, 1.82) is 0 Å². The molecule has 2 nitrogen and oxygen atoms in total. The van der Waals surface area contributed by atoms with Crippen LogP contribution in [0.1, 0.15) is 11.1 Å². The van der Waals surface area contributed by atoms with Crippen LogP contribution in [0, 0.1) is 3.57 Å². The molecule has 2 aromatic carbocycles. The van der Waals surface area contributed by atoms with Gasteiger partial charge in [0, 0.05) is 16.2 Å². The number of hydrogen-bond donors (Lipinski definition) is 1. The SMILES string of the molecule is O=C(/C=C\c1ccc(I)cc1)NCc1ccccc1. The van der Waals surface area contributed by atoms with Crippen LogP contribution in [0.2, 0.25) is 0 Å². The third-order valence-electron chi connectivity index (χ3n) is 2.61. The summed E-state index contributed by atoms with van der Waals surface area (Å²) in [6, 6.07) is 17.9. The molecule has 1 amide bonds. The molecule has 2 rings (SSSR count). The van der Waals surface area contributed by atoms with Crippen LogP contribution in [0.15, 0.2) is 60.7 Å². The molecule has 0 fully saturated rings. The molecular formula is C16H14INO. The number of carbonyl (C=O) groups excluding carboxylic acids is 1. The number of hydrogen-bond acceptors (Lipinski definition) is 1. The van der Waals surface area contributed by atoms with Gasteiger partial charge in [-0.1, -0.05) is 42.5 Å². The Morgan fingerprint density at radius 2 is 1.74 bits per heavy atom. The first-order valence-corrected chi connectivity index (χ1v) is 7.07. The zero-order valence-electron chi connectivity index (χ0n) is 10.3. The Morgan fingerprint density at radius 1 is 1.05 bits per heavy atom. The predicted octanol–water partition coefficient (Wildman–Crippen LogP) is 3.62. The molecule has 0 spiro atoms. The van der Waals surface area contributed by atoms with Crippen molar-refractivity contribution in [2.45, 2.75) is 6.54 Å². The molecule has 3 heteroatoms. The number of nitrogens with one attached hydrogen (secondary N) is 1. The van der Waals surface area contributed by atoms with Crippen LogP contribution >= 0.6 is 22.6 Å². The van der Waals surface area contributed by atoms with Gasteiger partial charge in [-0.15, -0.1) is 0 Å². The standard InChI is InChI=1S/C16H14INO/c17-15-9-6-13(7-10-15)8-11-16(19)18-12-14-4-2-1-3-5-14/h1-11H,12H2,(H,18,19)/b11-8-. The largest absolute Gasteiger partial charge is 0.348 e. The Hall–Kier alpha value is -1.62. The summed E-state index contributed by atoms with van der Waals surface area (Å²) in [5, 5.41) is 2.85. The van der Waals surface area contributed by atoms with Gasteiger partial charge in [-0.05, 0) is 51.9 Å². The van der Waals surface area contributed by atoms with Crippen molar-refractivity contribution in [3.63, 3.8) is 0 Å². The fourth-order valence-electron chi connectivity index (χ4n) is 1.59. The quantitative estimate of drug-likeness (QED) is 0.653. The molecule has 2 aromatic rings. The van der Waals surface area contributed by atoms with Crippen LogP contribution < -0.4 is 5.32 Å². The Labute approximate surface area is 126 Å². The number of benzene rings is 2. The fourth-order valence-corrected chi connectivity index (χ4v) is 1.95. The second-order valence-corrected chi connectivity index (χ2v) is 5.33. The van der Waals surface area contributed by atoms with Gasteiger partial charge in [-0.3, -0.25) is 4.79 Å². The average Bonchev–Trinajstić information content (AvgIpc) is 2.45. The molecule has 0 unspecified atom stereocenters. The lowest BCUT2D eigenvalue weighted by atomic mass is 10.2. The molecule has 0 bridgehead atoms. The molecule has 1 N–H and O–H groups in total. The van der Waals surface area contributed by atoms with E-state index in [4.69, 9.17) is 0 Å². The summed E-state index contributed by atoms with van der Waals surface area (Å²) < 4.78 is 1.18. The van der Waals surface area contributed by atoms with Gasteiger partial charge in [0.05, 0.1) is 0 Å². The highest BCUT2D eigenvalue weighted by atomic mass is 127. The second-order valence-electron chi connectivity index (χ2n) is 4.09. The van der Waals surface area contributed by atoms with Crippen molar-refractivity contribution in [1.82, 2.24) is 5.32 Å². The summed E-state index contributed by atoms with van der Waals surface area (Å²) in [4.78, 5) is 11.7. The molecule has 0 heterocycles. The van der Waals surface area contributed by atoms with Crippen LogP contribution in [-0.2, 0) is 11.3 Å². The highest BCUT2D eigenvalue weighted by Gasteiger charge is 1.96. The topological polar surface area (TPSA) is 29.1 Å². The fraction of sp³-hybridized carbons (Fsp3) is 0.0625. The van der Waals surface area contributed by atoms with Gasteiger partial charge in [-0.25, -0.2) is 0 Å². The molecule has 0 saturated carbocycles. The predicted molar refractivity (Wildman–Crippen MR) is 86.5 cm³/mol. The van der Waals surface area contributed by atoms with E-state index in [1.54, 1.807) is 6.08 Å². The van der Waals surface area contributed by atoms with Crippen LogP contribution in [0.5, 0.6) is 0 Å². The van der Waals surface area contributed by atoms with Crippen molar-refractivity contribution in [3.05, 3.63) is 75.4 Å². The van der Waals surface area contributed by atoms with Gasteiger partial charge in [0.1, 0.15) is 0 Å². The molecule has 0 aromatic heterocycles. The highest BCUT2D eigenvalue weighted by Crippen LogP contribution is 2.08. The summed E-state index contributed by atoms with van der Waals surface area (Å²) in [6.07, 6.45) is 3.38. The van der Waals surface area contributed by atoms with E-state index in [9.17, 15) is 4.79 Å². The minimum Gasteiger partial charge on any atom is -0.348 e. The zero-order valence-corrected chi connectivity index (χ0v) is 12.5. The summed E-state index contributed by atoms with van der Waals surface area (Å²) in [5.41, 5.74) is 2.12. The first-order chi connectivity index (χ1) is 9.24. The van der Waals surface area contributed by atoms with Crippen molar-refractivity contribution in [3.8, 4) is 0 Å². The van der Waals surface area contributed by atoms with Crippen molar-refractivity contribution in [2.75, 3.05) is 0 Å². The Kier molecular flexibility index (Phi) is 5.15. The van der Waals surface area contributed by atoms with Crippen LogP contribution in [0.3, 0.4) is 0 Å². The maximum absolute atomic E-state index is 11.7. The maximum atomic E-state index is 11.7. The lowest BCUT2D eigenvalue weighted by Crippen LogP contribution is -2.20. The summed E-state index contributed by atoms with van der Waals surface area (Å²) in [7, 11) is 0. The second kappa shape index (κ2) is 7.09. The minimum absolute atomic E-state index is 0.0811. The molecule has 0 radical (unpaired) electrons. The third kappa shape index (κ3) is 4.87. The summed E-state index contributed by atoms with van der Waals surface area (Å²) in [6.45, 7) is 0.552. The van der Waals surface area contributed by atoms with E-state index in [0.717, 1.165) is 11.1 Å². The molecule has 19 heavy (non-hydrogen) atoms. The van der Waals surface area contributed by atoms with Crippen LogP contribution in [0.4, 0.5) is 0 Å².